The van der Waals surface area contributed by atoms with E-state index in [9.17, 15) is 4.79 Å². The molecule has 0 saturated heterocycles. The third kappa shape index (κ3) is 3.71. The van der Waals surface area contributed by atoms with E-state index in [0.29, 0.717) is 12.3 Å². The van der Waals surface area contributed by atoms with Crippen LogP contribution in [0.2, 0.25) is 0 Å². The zero-order valence-corrected chi connectivity index (χ0v) is 16.8. The fourth-order valence-electron chi connectivity index (χ4n) is 4.10. The molecular formula is C25H24N4O. The van der Waals surface area contributed by atoms with Gasteiger partial charge in [-0.3, -0.25) is 9.78 Å². The van der Waals surface area contributed by atoms with Crippen molar-refractivity contribution in [3.63, 3.8) is 0 Å². The number of aromatic amines is 1. The number of hydrogen-bond acceptors (Lipinski definition) is 3. The minimum Gasteiger partial charge on any atom is -0.345 e. The number of anilines is 1. The SMILES string of the molecule is O=C(Cc1cncc2ccccc12)N(CC1CCC1)c1ccc(-c2cnc[nH]2)cc1. The molecule has 5 heteroatoms. The molecule has 2 aromatic carbocycles. The second kappa shape index (κ2) is 8.11. The van der Waals surface area contributed by atoms with Crippen LogP contribution < -0.4 is 4.90 Å². The number of benzene rings is 2. The van der Waals surface area contributed by atoms with Gasteiger partial charge in [-0.25, -0.2) is 4.98 Å². The van der Waals surface area contributed by atoms with Crippen molar-refractivity contribution in [1.29, 1.82) is 0 Å². The minimum absolute atomic E-state index is 0.120. The zero-order valence-electron chi connectivity index (χ0n) is 16.8. The van der Waals surface area contributed by atoms with Crippen molar-refractivity contribution in [2.45, 2.75) is 25.7 Å². The highest BCUT2D eigenvalue weighted by Gasteiger charge is 2.25. The van der Waals surface area contributed by atoms with E-state index < -0.39 is 0 Å². The maximum atomic E-state index is 13.4. The van der Waals surface area contributed by atoms with Crippen molar-refractivity contribution in [2.24, 2.45) is 5.92 Å². The molecule has 1 fully saturated rings. The number of rotatable bonds is 6. The molecule has 0 spiro atoms. The average Bonchev–Trinajstić information content (AvgIpc) is 3.28. The molecule has 1 N–H and O–H groups in total. The zero-order chi connectivity index (χ0) is 20.3. The van der Waals surface area contributed by atoms with Crippen molar-refractivity contribution in [3.8, 4) is 11.3 Å². The standard InChI is InChI=1S/C25H24N4O/c30-25(12-21-14-26-13-20-6-1-2-7-23(20)21)29(16-18-4-3-5-18)22-10-8-19(9-11-22)24-15-27-17-28-24/h1-2,6-11,13-15,17-18H,3-5,12,16H2,(H,27,28). The molecule has 5 nitrogen and oxygen atoms in total. The van der Waals surface area contributed by atoms with Gasteiger partial charge in [0.15, 0.2) is 0 Å². The van der Waals surface area contributed by atoms with E-state index in [1.165, 1.54) is 19.3 Å². The lowest BCUT2D eigenvalue weighted by Gasteiger charge is -2.32. The fourth-order valence-corrected chi connectivity index (χ4v) is 4.10. The van der Waals surface area contributed by atoms with E-state index in [0.717, 1.165) is 39.8 Å². The lowest BCUT2D eigenvalue weighted by Crippen LogP contribution is -2.38. The van der Waals surface area contributed by atoms with Gasteiger partial charge in [0.2, 0.25) is 5.91 Å². The molecule has 0 aliphatic heterocycles. The highest BCUT2D eigenvalue weighted by Crippen LogP contribution is 2.30. The Morgan fingerprint density at radius 3 is 2.57 bits per heavy atom. The normalized spacial score (nSPS) is 13.9. The Balaban J connectivity index is 1.42. The molecule has 5 rings (SSSR count). The van der Waals surface area contributed by atoms with Crippen molar-refractivity contribution >= 4 is 22.4 Å². The summed E-state index contributed by atoms with van der Waals surface area (Å²) in [5.41, 5.74) is 3.96. The summed E-state index contributed by atoms with van der Waals surface area (Å²) in [6.45, 7) is 0.778. The first-order valence-electron chi connectivity index (χ1n) is 10.5. The van der Waals surface area contributed by atoms with Gasteiger partial charge in [-0.2, -0.15) is 0 Å². The van der Waals surface area contributed by atoms with E-state index in [1.807, 2.05) is 59.8 Å². The van der Waals surface area contributed by atoms with Crippen LogP contribution in [0.1, 0.15) is 24.8 Å². The number of hydrogen-bond donors (Lipinski definition) is 1. The summed E-state index contributed by atoms with van der Waals surface area (Å²) >= 11 is 0. The molecule has 0 bridgehead atoms. The van der Waals surface area contributed by atoms with E-state index in [4.69, 9.17) is 0 Å². The van der Waals surface area contributed by atoms with Crippen molar-refractivity contribution in [2.75, 3.05) is 11.4 Å². The molecule has 1 amide bonds. The number of pyridine rings is 1. The summed E-state index contributed by atoms with van der Waals surface area (Å²) < 4.78 is 0. The van der Waals surface area contributed by atoms with Gasteiger partial charge >= 0.3 is 0 Å². The first-order chi connectivity index (χ1) is 14.8. The van der Waals surface area contributed by atoms with Gasteiger partial charge in [-0.1, -0.05) is 42.8 Å². The summed E-state index contributed by atoms with van der Waals surface area (Å²) in [5.74, 6) is 0.709. The van der Waals surface area contributed by atoms with Crippen LogP contribution >= 0.6 is 0 Å². The Kier molecular flexibility index (Phi) is 5.01. The Morgan fingerprint density at radius 2 is 1.83 bits per heavy atom. The van der Waals surface area contributed by atoms with Gasteiger partial charge in [-0.15, -0.1) is 0 Å². The highest BCUT2D eigenvalue weighted by molar-refractivity contribution is 5.97. The summed E-state index contributed by atoms with van der Waals surface area (Å²) in [7, 11) is 0. The molecule has 1 aliphatic carbocycles. The number of H-pyrrole nitrogens is 1. The monoisotopic (exact) mass is 396 g/mol. The lowest BCUT2D eigenvalue weighted by atomic mass is 9.85. The number of fused-ring (bicyclic) bond motifs is 1. The number of nitrogens with one attached hydrogen (secondary N) is 1. The Bertz CT molecular complexity index is 1140. The smallest absolute Gasteiger partial charge is 0.231 e. The number of nitrogens with zero attached hydrogens (tertiary/aromatic N) is 3. The third-order valence-electron chi connectivity index (χ3n) is 6.05. The summed E-state index contributed by atoms with van der Waals surface area (Å²) in [6, 6.07) is 16.3. The molecule has 0 atom stereocenters. The van der Waals surface area contributed by atoms with Crippen LogP contribution in [-0.4, -0.2) is 27.4 Å². The molecule has 150 valence electrons. The van der Waals surface area contributed by atoms with E-state index in [2.05, 4.69) is 21.0 Å². The molecule has 4 aromatic rings. The number of carbonyl (C=O) groups is 1. The van der Waals surface area contributed by atoms with Gasteiger partial charge in [0.1, 0.15) is 0 Å². The quantitative estimate of drug-likeness (QED) is 0.499. The van der Waals surface area contributed by atoms with Gasteiger partial charge in [0.25, 0.3) is 0 Å². The molecular weight excluding hydrogens is 372 g/mol. The number of amides is 1. The molecule has 0 radical (unpaired) electrons. The van der Waals surface area contributed by atoms with E-state index >= 15 is 0 Å². The summed E-state index contributed by atoms with van der Waals surface area (Å²) in [5, 5.41) is 2.16. The van der Waals surface area contributed by atoms with Crippen molar-refractivity contribution < 1.29 is 4.79 Å². The number of imidazole rings is 1. The van der Waals surface area contributed by atoms with Crippen molar-refractivity contribution in [3.05, 3.63) is 79.0 Å². The maximum Gasteiger partial charge on any atom is 0.231 e. The first kappa shape index (κ1) is 18.6. The predicted octanol–water partition coefficient (Wildman–Crippen LogP) is 5.00. The van der Waals surface area contributed by atoms with Crippen LogP contribution in [-0.2, 0) is 11.2 Å². The maximum absolute atomic E-state index is 13.4. The molecule has 2 heterocycles. The Labute approximate surface area is 175 Å². The molecule has 1 saturated carbocycles. The van der Waals surface area contributed by atoms with Crippen LogP contribution in [0.5, 0.6) is 0 Å². The van der Waals surface area contributed by atoms with Crippen LogP contribution in [0.25, 0.3) is 22.0 Å². The third-order valence-corrected chi connectivity index (χ3v) is 6.05. The van der Waals surface area contributed by atoms with Crippen molar-refractivity contribution in [1.82, 2.24) is 15.0 Å². The largest absolute Gasteiger partial charge is 0.345 e. The Morgan fingerprint density at radius 1 is 1.00 bits per heavy atom. The Hall–Kier alpha value is -3.47. The molecule has 2 aromatic heterocycles. The summed E-state index contributed by atoms with van der Waals surface area (Å²) in [4.78, 5) is 26.9. The number of carbonyl (C=O) groups excluding carboxylic acids is 1. The van der Waals surface area contributed by atoms with Crippen LogP contribution in [0.15, 0.2) is 73.4 Å². The van der Waals surface area contributed by atoms with Gasteiger partial charge in [0, 0.05) is 30.0 Å². The predicted molar refractivity (Wildman–Crippen MR) is 119 cm³/mol. The fraction of sp³-hybridized carbons (Fsp3) is 0.240. The second-order valence-corrected chi connectivity index (χ2v) is 8.01. The topological polar surface area (TPSA) is 61.9 Å². The number of aromatic nitrogens is 3. The van der Waals surface area contributed by atoms with Gasteiger partial charge < -0.3 is 9.88 Å². The van der Waals surface area contributed by atoms with Crippen LogP contribution in [0, 0.1) is 5.92 Å². The second-order valence-electron chi connectivity index (χ2n) is 8.01. The molecule has 30 heavy (non-hydrogen) atoms. The van der Waals surface area contributed by atoms with Crippen LogP contribution in [0.4, 0.5) is 5.69 Å². The summed E-state index contributed by atoms with van der Waals surface area (Å²) in [6.07, 6.45) is 11.2. The average molecular weight is 396 g/mol. The minimum atomic E-state index is 0.120. The lowest BCUT2D eigenvalue weighted by molar-refractivity contribution is -0.118. The van der Waals surface area contributed by atoms with Crippen LogP contribution in [0.3, 0.4) is 0 Å². The van der Waals surface area contributed by atoms with E-state index in [1.54, 1.807) is 12.5 Å². The highest BCUT2D eigenvalue weighted by atomic mass is 16.2. The molecule has 1 aliphatic rings. The van der Waals surface area contributed by atoms with E-state index in [-0.39, 0.29) is 5.91 Å². The van der Waals surface area contributed by atoms with Gasteiger partial charge in [0.05, 0.1) is 24.6 Å². The first-order valence-corrected chi connectivity index (χ1v) is 10.5. The molecule has 0 unspecified atom stereocenters. The van der Waals surface area contributed by atoms with Gasteiger partial charge in [-0.05, 0) is 47.4 Å².